The largest absolute Gasteiger partial charge is 0.374 e. The average Bonchev–Trinajstić information content (AvgIpc) is 2.04. The molecule has 0 aliphatic carbocycles. The van der Waals surface area contributed by atoms with Crippen LogP contribution >= 0.6 is 11.6 Å². The van der Waals surface area contributed by atoms with Crippen molar-refractivity contribution in [1.82, 2.24) is 4.90 Å². The molecule has 0 aromatic carbocycles. The van der Waals surface area contributed by atoms with Gasteiger partial charge < -0.3 is 4.90 Å². The highest BCUT2D eigenvalue weighted by molar-refractivity contribution is 6.27. The second-order valence-corrected chi connectivity index (χ2v) is 3.28. The van der Waals surface area contributed by atoms with E-state index in [0.717, 1.165) is 25.8 Å². The van der Waals surface area contributed by atoms with Crippen LogP contribution in [0.5, 0.6) is 0 Å². The summed E-state index contributed by atoms with van der Waals surface area (Å²) >= 11 is 5.34. The SMILES string of the molecule is CCCCCN(C)C=C(Cl)[N+](=O)[O-]. The Morgan fingerprint density at radius 3 is 2.69 bits per heavy atom. The summed E-state index contributed by atoms with van der Waals surface area (Å²) in [5, 5.41) is 9.81. The lowest BCUT2D eigenvalue weighted by Crippen LogP contribution is -2.13. The van der Waals surface area contributed by atoms with E-state index >= 15 is 0 Å². The predicted octanol–water partition coefficient (Wildman–Crippen LogP) is 2.42. The minimum atomic E-state index is -0.599. The van der Waals surface area contributed by atoms with Crippen molar-refractivity contribution in [1.29, 1.82) is 0 Å². The van der Waals surface area contributed by atoms with Crippen molar-refractivity contribution in [3.05, 3.63) is 21.5 Å². The molecule has 0 aliphatic rings. The van der Waals surface area contributed by atoms with Gasteiger partial charge in [-0.2, -0.15) is 0 Å². The minimum absolute atomic E-state index is 0.334. The summed E-state index contributed by atoms with van der Waals surface area (Å²) in [7, 11) is 1.78. The summed E-state index contributed by atoms with van der Waals surface area (Å²) < 4.78 is 0. The molecule has 0 heterocycles. The first kappa shape index (κ1) is 12.2. The molecule has 0 radical (unpaired) electrons. The van der Waals surface area contributed by atoms with Crippen LogP contribution in [0.1, 0.15) is 26.2 Å². The van der Waals surface area contributed by atoms with Gasteiger partial charge >= 0.3 is 5.16 Å². The van der Waals surface area contributed by atoms with Gasteiger partial charge in [-0.1, -0.05) is 19.8 Å². The van der Waals surface area contributed by atoms with Crippen LogP contribution in [0.2, 0.25) is 0 Å². The summed E-state index contributed by atoms with van der Waals surface area (Å²) in [6.07, 6.45) is 4.65. The van der Waals surface area contributed by atoms with Gasteiger partial charge in [-0.05, 0) is 18.0 Å². The Hall–Kier alpha value is -0.770. The third-order valence-electron chi connectivity index (χ3n) is 1.62. The lowest BCUT2D eigenvalue weighted by Gasteiger charge is -2.11. The van der Waals surface area contributed by atoms with E-state index in [9.17, 15) is 10.1 Å². The Bertz CT molecular complexity index is 195. The monoisotopic (exact) mass is 206 g/mol. The lowest BCUT2D eigenvalue weighted by atomic mass is 10.2. The molecule has 0 amide bonds. The molecule has 13 heavy (non-hydrogen) atoms. The maximum absolute atomic E-state index is 10.1. The number of hydrogen-bond donors (Lipinski definition) is 0. The minimum Gasteiger partial charge on any atom is -0.374 e. The first-order valence-electron chi connectivity index (χ1n) is 4.30. The predicted molar refractivity (Wildman–Crippen MR) is 53.1 cm³/mol. The van der Waals surface area contributed by atoms with E-state index < -0.39 is 4.92 Å². The number of rotatable bonds is 6. The van der Waals surface area contributed by atoms with Crippen LogP contribution in [-0.2, 0) is 0 Å². The lowest BCUT2D eigenvalue weighted by molar-refractivity contribution is -0.413. The van der Waals surface area contributed by atoms with E-state index in [1.165, 1.54) is 6.20 Å². The van der Waals surface area contributed by atoms with Gasteiger partial charge in [0.05, 0.1) is 11.1 Å². The molecule has 0 saturated heterocycles. The molecule has 0 N–H and O–H groups in total. The standard InChI is InChI=1S/C8H15ClN2O2/c1-3-4-5-6-10(2)7-8(9)11(12)13/h7H,3-6H2,1-2H3. The van der Waals surface area contributed by atoms with E-state index in [4.69, 9.17) is 11.6 Å². The average molecular weight is 207 g/mol. The van der Waals surface area contributed by atoms with Crippen LogP contribution in [0.4, 0.5) is 0 Å². The topological polar surface area (TPSA) is 46.4 Å². The first-order chi connectivity index (χ1) is 6.07. The van der Waals surface area contributed by atoms with Crippen molar-refractivity contribution in [3.63, 3.8) is 0 Å². The second kappa shape index (κ2) is 6.71. The van der Waals surface area contributed by atoms with Crippen LogP contribution in [0, 0.1) is 10.1 Å². The van der Waals surface area contributed by atoms with Gasteiger partial charge in [0.25, 0.3) is 0 Å². The highest BCUT2D eigenvalue weighted by Crippen LogP contribution is 2.04. The van der Waals surface area contributed by atoms with E-state index in [1.807, 2.05) is 0 Å². The Labute approximate surface area is 83.3 Å². The molecular weight excluding hydrogens is 192 g/mol. The summed E-state index contributed by atoms with van der Waals surface area (Å²) in [4.78, 5) is 11.3. The zero-order valence-electron chi connectivity index (χ0n) is 7.99. The van der Waals surface area contributed by atoms with Crippen LogP contribution in [0.25, 0.3) is 0 Å². The normalized spacial score (nSPS) is 11.5. The molecule has 0 bridgehead atoms. The molecule has 0 rings (SSSR count). The number of unbranched alkanes of at least 4 members (excludes halogenated alkanes) is 2. The molecule has 76 valence electrons. The maximum Gasteiger partial charge on any atom is 0.353 e. The maximum atomic E-state index is 10.1. The van der Waals surface area contributed by atoms with Gasteiger partial charge in [-0.25, -0.2) is 0 Å². The summed E-state index contributed by atoms with van der Waals surface area (Å²) in [5.74, 6) is 0. The van der Waals surface area contributed by atoms with Gasteiger partial charge in [0.2, 0.25) is 0 Å². The fraction of sp³-hybridized carbons (Fsp3) is 0.750. The fourth-order valence-electron chi connectivity index (χ4n) is 0.905. The van der Waals surface area contributed by atoms with Gasteiger partial charge in [0.15, 0.2) is 0 Å². The Balaban J connectivity index is 3.78. The molecule has 0 aliphatic heterocycles. The summed E-state index contributed by atoms with van der Waals surface area (Å²) in [6.45, 7) is 2.91. The zero-order chi connectivity index (χ0) is 10.3. The molecule has 0 saturated carbocycles. The highest BCUT2D eigenvalue weighted by atomic mass is 35.5. The number of halogens is 1. The molecule has 0 unspecified atom stereocenters. The van der Waals surface area contributed by atoms with Crippen molar-refractivity contribution in [2.75, 3.05) is 13.6 Å². The van der Waals surface area contributed by atoms with E-state index in [0.29, 0.717) is 0 Å². The molecule has 0 spiro atoms. The second-order valence-electron chi connectivity index (χ2n) is 2.90. The number of hydrogen-bond acceptors (Lipinski definition) is 3. The quantitative estimate of drug-likeness (QED) is 0.290. The molecule has 0 fully saturated rings. The molecule has 4 nitrogen and oxygen atoms in total. The highest BCUT2D eigenvalue weighted by Gasteiger charge is 2.05. The van der Waals surface area contributed by atoms with Crippen LogP contribution in [0.15, 0.2) is 11.4 Å². The van der Waals surface area contributed by atoms with Crippen molar-refractivity contribution in [2.45, 2.75) is 26.2 Å². The van der Waals surface area contributed by atoms with Gasteiger partial charge in [-0.3, -0.25) is 10.1 Å². The molecule has 5 heteroatoms. The summed E-state index contributed by atoms with van der Waals surface area (Å²) in [6, 6.07) is 0. The van der Waals surface area contributed by atoms with Crippen molar-refractivity contribution in [3.8, 4) is 0 Å². The van der Waals surface area contributed by atoms with E-state index in [1.54, 1.807) is 11.9 Å². The number of nitro groups is 1. The Morgan fingerprint density at radius 2 is 2.23 bits per heavy atom. The molecule has 0 atom stereocenters. The van der Waals surface area contributed by atoms with Crippen LogP contribution in [-0.4, -0.2) is 23.4 Å². The third kappa shape index (κ3) is 6.40. The van der Waals surface area contributed by atoms with Crippen molar-refractivity contribution in [2.24, 2.45) is 0 Å². The smallest absolute Gasteiger partial charge is 0.353 e. The van der Waals surface area contributed by atoms with Gasteiger partial charge in [-0.15, -0.1) is 0 Å². The zero-order valence-corrected chi connectivity index (χ0v) is 8.75. The van der Waals surface area contributed by atoms with E-state index in [2.05, 4.69) is 6.92 Å². The first-order valence-corrected chi connectivity index (χ1v) is 4.67. The van der Waals surface area contributed by atoms with Crippen LogP contribution in [0.3, 0.4) is 0 Å². The Kier molecular flexibility index (Phi) is 6.32. The molecule has 0 aromatic rings. The van der Waals surface area contributed by atoms with E-state index in [-0.39, 0.29) is 5.16 Å². The van der Waals surface area contributed by atoms with Crippen LogP contribution < -0.4 is 0 Å². The summed E-state index contributed by atoms with van der Waals surface area (Å²) in [5.41, 5.74) is 0. The molecular formula is C8H15ClN2O2. The number of nitrogens with zero attached hydrogens (tertiary/aromatic N) is 2. The van der Waals surface area contributed by atoms with Crippen molar-refractivity contribution >= 4 is 11.6 Å². The molecule has 0 aromatic heterocycles. The Morgan fingerprint density at radius 1 is 1.62 bits per heavy atom. The third-order valence-corrected chi connectivity index (χ3v) is 1.85. The van der Waals surface area contributed by atoms with Gasteiger partial charge in [0, 0.05) is 13.6 Å². The van der Waals surface area contributed by atoms with Crippen molar-refractivity contribution < 1.29 is 4.92 Å². The van der Waals surface area contributed by atoms with Gasteiger partial charge in [0.1, 0.15) is 0 Å². The fourth-order valence-corrected chi connectivity index (χ4v) is 1.07.